The van der Waals surface area contributed by atoms with E-state index in [-0.39, 0.29) is 38.7 Å². The Morgan fingerprint density at radius 3 is 1.43 bits per heavy atom. The molecule has 0 aliphatic heterocycles. The van der Waals surface area contributed by atoms with Crippen molar-refractivity contribution < 1.29 is 19.2 Å². The molecule has 0 fully saturated rings. The molecule has 14 aromatic rings. The first kappa shape index (κ1) is 35.7. The summed E-state index contributed by atoms with van der Waals surface area (Å²) in [5.74, 6) is 0. The number of rotatable bonds is 11. The van der Waals surface area contributed by atoms with Crippen LogP contribution in [-0.2, 0) is 25.5 Å². The summed E-state index contributed by atoms with van der Waals surface area (Å²) in [7, 11) is 0. The van der Waals surface area contributed by atoms with Gasteiger partial charge in [-0.3, -0.25) is 23.8 Å². The summed E-state index contributed by atoms with van der Waals surface area (Å²) in [6.07, 6.45) is -9.46. The smallest absolute Gasteiger partial charge is 0.147 e. The van der Waals surface area contributed by atoms with Gasteiger partial charge in [0.05, 0.1) is 39.1 Å². The van der Waals surface area contributed by atoms with Crippen molar-refractivity contribution in [3.05, 3.63) is 257 Å². The SMILES string of the molecule is [2H]C([2H])([2H])c1c(C([2H])([2H])C([2H])([2H])c2cc(-c3ccccc3-c3cnc(-c4ccccc4)cc3-c3ccc(-c4ccccc4)cc3)cc(C([2H])([2H])C([2H])([2H])c3cnc4c5ccccc5n5c(C)c(C)nc5c4c3C([2H])([2H])[2H])c2)cnc2c3ccccc3n3c(C)c(C)nc3c12. The van der Waals surface area contributed by atoms with Crippen molar-refractivity contribution in [3.63, 3.8) is 0 Å². The molecule has 386 valence electrons. The molecular formula is C73H59N7. The zero-order valence-electron chi connectivity index (χ0n) is 58.2. The van der Waals surface area contributed by atoms with Crippen LogP contribution in [0.5, 0.6) is 0 Å². The fraction of sp³-hybridized carbons (Fsp3) is 0.137. The molecule has 0 spiro atoms. The van der Waals surface area contributed by atoms with Gasteiger partial charge < -0.3 is 0 Å². The molecule has 0 atom stereocenters. The molecule has 0 bridgehead atoms. The topological polar surface area (TPSA) is 73.3 Å². The van der Waals surface area contributed by atoms with E-state index in [2.05, 4.69) is 0 Å². The van der Waals surface area contributed by atoms with Gasteiger partial charge in [-0.15, -0.1) is 0 Å². The van der Waals surface area contributed by atoms with Gasteiger partial charge in [-0.05, 0) is 157 Å². The van der Waals surface area contributed by atoms with Crippen LogP contribution in [0.1, 0.15) is 75.3 Å². The molecule has 0 N–H and O–H groups in total. The van der Waals surface area contributed by atoms with Gasteiger partial charge in [-0.2, -0.15) is 0 Å². The van der Waals surface area contributed by atoms with Gasteiger partial charge in [0, 0.05) is 81.8 Å². The predicted molar refractivity (Wildman–Crippen MR) is 331 cm³/mol. The van der Waals surface area contributed by atoms with E-state index in [0.29, 0.717) is 67.0 Å². The fourth-order valence-electron chi connectivity index (χ4n) is 11.3. The minimum atomic E-state index is -3.33. The van der Waals surface area contributed by atoms with Crippen molar-refractivity contribution in [1.82, 2.24) is 33.7 Å². The fourth-order valence-corrected chi connectivity index (χ4v) is 11.3. The number of imidazole rings is 2. The average Bonchev–Trinajstić information content (AvgIpc) is 1.18. The van der Waals surface area contributed by atoms with Crippen LogP contribution in [0.3, 0.4) is 0 Å². The number of aryl methyl sites for hydroxylation is 10. The lowest BCUT2D eigenvalue weighted by Gasteiger charge is -2.18. The van der Waals surface area contributed by atoms with Crippen molar-refractivity contribution in [2.75, 3.05) is 0 Å². The largest absolute Gasteiger partial charge is 0.296 e. The Bertz CT molecular complexity index is 5180. The van der Waals surface area contributed by atoms with Crippen molar-refractivity contribution in [1.29, 1.82) is 0 Å². The van der Waals surface area contributed by atoms with E-state index >= 15 is 0 Å². The number of benzene rings is 7. The maximum absolute atomic E-state index is 10.3. The number of hydrogen-bond acceptors (Lipinski definition) is 5. The highest BCUT2D eigenvalue weighted by Gasteiger charge is 2.22. The van der Waals surface area contributed by atoms with Gasteiger partial charge >= 0.3 is 0 Å². The summed E-state index contributed by atoms with van der Waals surface area (Å²) in [6.45, 7) is 1.01. The van der Waals surface area contributed by atoms with E-state index in [9.17, 15) is 19.2 Å². The lowest BCUT2D eigenvalue weighted by molar-refractivity contribution is 0.918. The van der Waals surface area contributed by atoms with Crippen molar-refractivity contribution in [3.8, 4) is 55.8 Å². The minimum Gasteiger partial charge on any atom is -0.296 e. The van der Waals surface area contributed by atoms with Crippen molar-refractivity contribution in [2.45, 2.75) is 66.9 Å². The second-order valence-electron chi connectivity index (χ2n) is 20.2. The third-order valence-corrected chi connectivity index (χ3v) is 15.5. The Morgan fingerprint density at radius 2 is 0.875 bits per heavy atom. The summed E-state index contributed by atoms with van der Waals surface area (Å²) < 4.78 is 141. The molecule has 14 rings (SSSR count). The second-order valence-corrected chi connectivity index (χ2v) is 20.2. The Morgan fingerprint density at radius 1 is 0.400 bits per heavy atom. The standard InChI is InChI=1S/C73H59N7/c1-44-56(41-75-70-61-25-15-17-27-66(61)79-48(5)46(3)77-72(79)68(44)70)31-29-50-37-51(30-32-57-42-76-71-62-26-16-18-28-67(62)80-49(6)47(4)78-73(80)69(71)45(57)2)39-58(38-50)59-23-13-14-24-60(59)64-43-74-65(55-21-11-8-12-22-55)40-63(64)54-35-33-53(34-36-54)52-19-9-7-10-20-52/h7-28,33-43H,29-32H2,1-6H3/i1D3,2D3,29D2,30D2,31D2,32D2. The number of nitrogens with zero attached hydrogens (tertiary/aromatic N) is 7. The quantitative estimate of drug-likeness (QED) is 0.121. The Kier molecular flexibility index (Phi) is 8.80. The maximum Gasteiger partial charge on any atom is 0.147 e. The molecule has 7 heteroatoms. The van der Waals surface area contributed by atoms with Crippen LogP contribution >= 0.6 is 0 Å². The van der Waals surface area contributed by atoms with E-state index in [4.69, 9.17) is 24.9 Å². The number of hydrogen-bond donors (Lipinski definition) is 0. The minimum absolute atomic E-state index is 0.00243. The van der Waals surface area contributed by atoms with Crippen LogP contribution in [0, 0.1) is 41.4 Å². The molecule has 0 radical (unpaired) electrons. The van der Waals surface area contributed by atoms with Crippen LogP contribution < -0.4 is 0 Å². The van der Waals surface area contributed by atoms with Crippen LogP contribution in [0.4, 0.5) is 0 Å². The van der Waals surface area contributed by atoms with Crippen LogP contribution in [0.2, 0.25) is 0 Å². The zero-order chi connectivity index (χ0) is 66.3. The Hall–Kier alpha value is -9.59. The Balaban J connectivity index is 1.02. The molecule has 0 aliphatic rings. The molecular weight excluding hydrogens is 975 g/mol. The van der Waals surface area contributed by atoms with Gasteiger partial charge in [-0.1, -0.05) is 164 Å². The maximum atomic E-state index is 10.3. The molecule has 7 aromatic heterocycles. The normalized spacial score (nSPS) is 15.4. The first-order chi connectivity index (χ1) is 44.6. The number of pyridine rings is 5. The van der Waals surface area contributed by atoms with E-state index in [0.717, 1.165) is 46.3 Å². The van der Waals surface area contributed by atoms with E-state index in [1.807, 2.05) is 141 Å². The molecule has 0 amide bonds. The number of para-hydroxylation sites is 2. The van der Waals surface area contributed by atoms with E-state index in [1.165, 1.54) is 12.1 Å². The lowest BCUT2D eigenvalue weighted by atomic mass is 9.87. The van der Waals surface area contributed by atoms with Crippen LogP contribution in [-0.4, -0.2) is 33.7 Å². The van der Waals surface area contributed by atoms with Crippen molar-refractivity contribution in [2.24, 2.45) is 0 Å². The zero-order valence-corrected chi connectivity index (χ0v) is 44.2. The van der Waals surface area contributed by atoms with Gasteiger partial charge in [0.2, 0.25) is 0 Å². The molecule has 7 nitrogen and oxygen atoms in total. The molecule has 7 heterocycles. The highest BCUT2D eigenvalue weighted by Crippen LogP contribution is 2.42. The average molecular weight is 1050 g/mol. The summed E-state index contributed by atoms with van der Waals surface area (Å²) in [5.41, 5.74) is 8.04. The summed E-state index contributed by atoms with van der Waals surface area (Å²) in [5, 5.41) is 1.09. The first-order valence-corrected chi connectivity index (χ1v) is 26.5. The van der Waals surface area contributed by atoms with E-state index in [1.54, 1.807) is 65.2 Å². The molecule has 7 aromatic carbocycles. The van der Waals surface area contributed by atoms with Gasteiger partial charge in [0.1, 0.15) is 11.3 Å². The molecule has 80 heavy (non-hydrogen) atoms. The monoisotopic (exact) mass is 1050 g/mol. The molecule has 0 unspecified atom stereocenters. The molecule has 0 saturated carbocycles. The summed E-state index contributed by atoms with van der Waals surface area (Å²) in [4.78, 5) is 24.2. The lowest BCUT2D eigenvalue weighted by Crippen LogP contribution is -2.03. The number of fused-ring (bicyclic) bond motifs is 12. The number of aromatic nitrogens is 7. The first-order valence-electron chi connectivity index (χ1n) is 33.5. The van der Waals surface area contributed by atoms with E-state index < -0.39 is 72.6 Å². The van der Waals surface area contributed by atoms with Gasteiger partial charge in [0.25, 0.3) is 0 Å². The third-order valence-electron chi connectivity index (χ3n) is 15.5. The van der Waals surface area contributed by atoms with Crippen molar-refractivity contribution >= 4 is 54.9 Å². The summed E-state index contributed by atoms with van der Waals surface area (Å²) >= 11 is 0. The van der Waals surface area contributed by atoms with Gasteiger partial charge in [0.15, 0.2) is 0 Å². The van der Waals surface area contributed by atoms with Crippen LogP contribution in [0.25, 0.3) is 111 Å². The van der Waals surface area contributed by atoms with Gasteiger partial charge in [-0.25, -0.2) is 9.97 Å². The highest BCUT2D eigenvalue weighted by molar-refractivity contribution is 6.12. The van der Waals surface area contributed by atoms with Crippen LogP contribution in [0.15, 0.2) is 201 Å². The Labute approximate surface area is 485 Å². The summed E-state index contributed by atoms with van der Waals surface area (Å²) in [6, 6.07) is 55.1. The second kappa shape index (κ2) is 19.7. The molecule has 0 saturated heterocycles. The molecule has 0 aliphatic carbocycles. The third kappa shape index (κ3) is 8.22. The predicted octanol–water partition coefficient (Wildman–Crippen LogP) is 17.5. The highest BCUT2D eigenvalue weighted by atomic mass is 15.0.